The van der Waals surface area contributed by atoms with Gasteiger partial charge in [0.25, 0.3) is 0 Å². The topological polar surface area (TPSA) is 24.1 Å². The summed E-state index contributed by atoms with van der Waals surface area (Å²) in [5.74, 6) is 0. The molecular weight excluding hydrogens is 232 g/mol. The Balaban J connectivity index is 1.66. The Morgan fingerprint density at radius 1 is 0.737 bits per heavy atom. The van der Waals surface area contributed by atoms with Crippen LogP contribution in [0.5, 0.6) is 0 Å². The average molecular weight is 250 g/mol. The first-order chi connectivity index (χ1) is 9.45. The van der Waals surface area contributed by atoms with Crippen LogP contribution in [0.4, 0.5) is 11.4 Å². The van der Waals surface area contributed by atoms with E-state index in [0.29, 0.717) is 0 Å². The van der Waals surface area contributed by atoms with Gasteiger partial charge in [0, 0.05) is 24.1 Å². The molecule has 0 atom stereocenters. The van der Waals surface area contributed by atoms with Gasteiger partial charge in [-0.3, -0.25) is 0 Å². The lowest BCUT2D eigenvalue weighted by Crippen LogP contribution is -1.96. The fourth-order valence-corrected chi connectivity index (χ4v) is 1.61. The van der Waals surface area contributed by atoms with Crippen LogP contribution in [0.2, 0.25) is 0 Å². The number of hydrogen-bond acceptors (Lipinski definition) is 2. The molecule has 0 aromatic heterocycles. The Bertz CT molecular complexity index is 515. The van der Waals surface area contributed by atoms with Gasteiger partial charge in [0.1, 0.15) is 0 Å². The third-order valence-corrected chi connectivity index (χ3v) is 2.57. The molecular formula is C17H18N2. The van der Waals surface area contributed by atoms with Gasteiger partial charge in [0.2, 0.25) is 0 Å². The van der Waals surface area contributed by atoms with Crippen molar-refractivity contribution < 1.29 is 0 Å². The summed E-state index contributed by atoms with van der Waals surface area (Å²) in [4.78, 5) is 0. The summed E-state index contributed by atoms with van der Waals surface area (Å²) in [6.45, 7) is 0.819. The predicted molar refractivity (Wildman–Crippen MR) is 83.3 cm³/mol. The molecule has 0 bridgehead atoms. The second-order valence-corrected chi connectivity index (χ2v) is 4.04. The van der Waals surface area contributed by atoms with Crippen LogP contribution in [0.15, 0.2) is 85.1 Å². The van der Waals surface area contributed by atoms with Crippen LogP contribution in [-0.2, 0) is 0 Å². The first-order valence-electron chi connectivity index (χ1n) is 6.37. The summed E-state index contributed by atoms with van der Waals surface area (Å²) in [5.41, 5.74) is 2.23. The summed E-state index contributed by atoms with van der Waals surface area (Å²) in [6.07, 6.45) is 8.01. The van der Waals surface area contributed by atoms with Gasteiger partial charge < -0.3 is 10.6 Å². The zero-order chi connectivity index (χ0) is 13.2. The van der Waals surface area contributed by atoms with E-state index in [1.165, 1.54) is 0 Å². The van der Waals surface area contributed by atoms with Crippen LogP contribution in [0.25, 0.3) is 0 Å². The van der Waals surface area contributed by atoms with Crippen LogP contribution < -0.4 is 10.6 Å². The van der Waals surface area contributed by atoms with Gasteiger partial charge in [-0.1, -0.05) is 48.6 Å². The fourth-order valence-electron chi connectivity index (χ4n) is 1.61. The zero-order valence-corrected chi connectivity index (χ0v) is 10.8. The van der Waals surface area contributed by atoms with Crippen molar-refractivity contribution in [2.75, 3.05) is 17.2 Å². The average Bonchev–Trinajstić information content (AvgIpc) is 2.48. The van der Waals surface area contributed by atoms with E-state index >= 15 is 0 Å². The highest BCUT2D eigenvalue weighted by Crippen LogP contribution is 2.05. The number of anilines is 2. The van der Waals surface area contributed by atoms with E-state index in [-0.39, 0.29) is 0 Å². The van der Waals surface area contributed by atoms with Gasteiger partial charge in [-0.2, -0.15) is 0 Å². The van der Waals surface area contributed by atoms with E-state index < -0.39 is 0 Å². The van der Waals surface area contributed by atoms with Gasteiger partial charge in [-0.05, 0) is 30.3 Å². The largest absolute Gasteiger partial charge is 0.382 e. The van der Waals surface area contributed by atoms with Crippen molar-refractivity contribution in [1.29, 1.82) is 0 Å². The lowest BCUT2D eigenvalue weighted by molar-refractivity contribution is 1.33. The minimum atomic E-state index is 0.819. The van der Waals surface area contributed by atoms with E-state index in [2.05, 4.69) is 28.8 Å². The number of nitrogens with one attached hydrogen (secondary N) is 2. The van der Waals surface area contributed by atoms with Crippen LogP contribution in [0.1, 0.15) is 0 Å². The van der Waals surface area contributed by atoms with Crippen molar-refractivity contribution in [3.8, 4) is 0 Å². The van der Waals surface area contributed by atoms with E-state index in [1.54, 1.807) is 0 Å². The maximum atomic E-state index is 3.31. The number of rotatable bonds is 6. The van der Waals surface area contributed by atoms with E-state index in [4.69, 9.17) is 0 Å². The Morgan fingerprint density at radius 3 is 2.05 bits per heavy atom. The highest BCUT2D eigenvalue weighted by molar-refractivity contribution is 5.45. The van der Waals surface area contributed by atoms with Crippen molar-refractivity contribution in [1.82, 2.24) is 0 Å². The SMILES string of the molecule is C(/C=C/Nc1ccccc1)=C\CNc1ccccc1. The lowest BCUT2D eigenvalue weighted by Gasteiger charge is -2.01. The summed E-state index contributed by atoms with van der Waals surface area (Å²) in [7, 11) is 0. The molecule has 0 saturated carbocycles. The number of para-hydroxylation sites is 2. The molecule has 96 valence electrons. The van der Waals surface area contributed by atoms with Gasteiger partial charge in [-0.25, -0.2) is 0 Å². The maximum absolute atomic E-state index is 3.31. The number of allylic oxidation sites excluding steroid dienone is 2. The van der Waals surface area contributed by atoms with Gasteiger partial charge in [0.15, 0.2) is 0 Å². The molecule has 0 amide bonds. The third kappa shape index (κ3) is 5.13. The Hall–Kier alpha value is -2.48. The molecule has 2 heteroatoms. The first-order valence-corrected chi connectivity index (χ1v) is 6.37. The van der Waals surface area contributed by atoms with Crippen molar-refractivity contribution in [3.63, 3.8) is 0 Å². The van der Waals surface area contributed by atoms with Gasteiger partial charge >= 0.3 is 0 Å². The summed E-state index contributed by atoms with van der Waals surface area (Å²) < 4.78 is 0. The minimum Gasteiger partial charge on any atom is -0.382 e. The van der Waals surface area contributed by atoms with Crippen molar-refractivity contribution in [2.24, 2.45) is 0 Å². The van der Waals surface area contributed by atoms with Crippen LogP contribution >= 0.6 is 0 Å². The molecule has 0 spiro atoms. The molecule has 0 aliphatic carbocycles. The lowest BCUT2D eigenvalue weighted by atomic mass is 10.3. The van der Waals surface area contributed by atoms with Crippen LogP contribution in [-0.4, -0.2) is 6.54 Å². The predicted octanol–water partition coefficient (Wildman–Crippen LogP) is 4.28. The van der Waals surface area contributed by atoms with E-state index in [9.17, 15) is 0 Å². The number of hydrogen-bond donors (Lipinski definition) is 2. The number of benzene rings is 2. The molecule has 2 aromatic rings. The maximum Gasteiger partial charge on any atom is 0.0379 e. The normalized spacial score (nSPS) is 10.9. The van der Waals surface area contributed by atoms with Crippen LogP contribution in [0, 0.1) is 0 Å². The highest BCUT2D eigenvalue weighted by atomic mass is 14.9. The summed E-state index contributed by atoms with van der Waals surface area (Å²) >= 11 is 0. The van der Waals surface area contributed by atoms with Crippen molar-refractivity contribution in [3.05, 3.63) is 85.1 Å². The van der Waals surface area contributed by atoms with Gasteiger partial charge in [0.05, 0.1) is 0 Å². The highest BCUT2D eigenvalue weighted by Gasteiger charge is 1.84. The Morgan fingerprint density at radius 2 is 1.37 bits per heavy atom. The molecule has 2 N–H and O–H groups in total. The molecule has 2 aromatic carbocycles. The molecule has 0 fully saturated rings. The molecule has 0 saturated heterocycles. The molecule has 19 heavy (non-hydrogen) atoms. The molecule has 0 radical (unpaired) electrons. The van der Waals surface area contributed by atoms with E-state index in [1.807, 2.05) is 66.9 Å². The second kappa shape index (κ2) is 7.77. The third-order valence-electron chi connectivity index (χ3n) is 2.57. The Labute approximate surface area is 114 Å². The van der Waals surface area contributed by atoms with Gasteiger partial charge in [-0.15, -0.1) is 0 Å². The van der Waals surface area contributed by atoms with Crippen molar-refractivity contribution >= 4 is 11.4 Å². The van der Waals surface area contributed by atoms with E-state index in [0.717, 1.165) is 17.9 Å². The first kappa shape index (κ1) is 13.0. The smallest absolute Gasteiger partial charge is 0.0379 e. The second-order valence-electron chi connectivity index (χ2n) is 4.04. The van der Waals surface area contributed by atoms with Crippen molar-refractivity contribution in [2.45, 2.75) is 0 Å². The standard InChI is InChI=1S/C17H18N2/c1-4-10-16(11-5-1)18-14-8-3-9-15-19-17-12-6-2-7-13-17/h1-14,18-19H,15H2/b9-3+,14-8+. The zero-order valence-electron chi connectivity index (χ0n) is 10.8. The molecule has 2 rings (SSSR count). The molecule has 0 unspecified atom stereocenters. The Kier molecular flexibility index (Phi) is 5.30. The quantitative estimate of drug-likeness (QED) is 0.748. The molecule has 0 heterocycles. The summed E-state index contributed by atoms with van der Waals surface area (Å²) in [5, 5.41) is 6.51. The minimum absolute atomic E-state index is 0.819. The van der Waals surface area contributed by atoms with Crippen LogP contribution in [0.3, 0.4) is 0 Å². The molecule has 0 aliphatic heterocycles. The summed E-state index contributed by atoms with van der Waals surface area (Å²) in [6, 6.07) is 20.3. The molecule has 0 aliphatic rings. The monoisotopic (exact) mass is 250 g/mol. The molecule has 2 nitrogen and oxygen atoms in total. The fraction of sp³-hybridized carbons (Fsp3) is 0.0588.